The third-order valence-corrected chi connectivity index (χ3v) is 4.73. The lowest BCUT2D eigenvalue weighted by Gasteiger charge is -2.21. The van der Waals surface area contributed by atoms with E-state index < -0.39 is 5.91 Å². The molecule has 1 aromatic carbocycles. The zero-order valence-corrected chi connectivity index (χ0v) is 19.9. The molecule has 0 saturated heterocycles. The monoisotopic (exact) mass is 469 g/mol. The zero-order valence-electron chi connectivity index (χ0n) is 18.2. The van der Waals surface area contributed by atoms with Crippen LogP contribution in [0.15, 0.2) is 24.3 Å². The highest BCUT2D eigenvalue weighted by atomic mass is 35.5. The van der Waals surface area contributed by atoms with E-state index in [-0.39, 0.29) is 50.2 Å². The number of hydrogen-bond acceptors (Lipinski definition) is 5. The van der Waals surface area contributed by atoms with Crippen LogP contribution in [0.1, 0.15) is 53.1 Å². The predicted octanol–water partition coefficient (Wildman–Crippen LogP) is 2.62. The summed E-state index contributed by atoms with van der Waals surface area (Å²) in [4.78, 5) is 28.7. The third-order valence-electron chi connectivity index (χ3n) is 4.73. The van der Waals surface area contributed by atoms with Gasteiger partial charge in [-0.25, -0.2) is 0 Å². The number of nitrogens with zero attached hydrogens (tertiary/aromatic N) is 1. The number of aromatic nitrogens is 1. The van der Waals surface area contributed by atoms with Crippen LogP contribution in [0, 0.1) is 12.8 Å². The molecule has 0 spiro atoms. The average molecular weight is 470 g/mol. The molecule has 2 amide bonds. The van der Waals surface area contributed by atoms with E-state index in [1.165, 1.54) is 0 Å². The first-order valence-electron chi connectivity index (χ1n) is 9.86. The fourth-order valence-corrected chi connectivity index (χ4v) is 3.37. The topological polar surface area (TPSA) is 137 Å². The number of primary amides is 1. The molecule has 2 aromatic rings. The quantitative estimate of drug-likeness (QED) is 0.447. The summed E-state index contributed by atoms with van der Waals surface area (Å²) in [5.41, 5.74) is 22.6. The number of carbonyl (C=O) groups excluding carboxylic acids is 2. The number of carbonyl (C=O) groups is 2. The summed E-state index contributed by atoms with van der Waals surface area (Å²) in [6, 6.07) is 7.80. The minimum atomic E-state index is -0.465. The van der Waals surface area contributed by atoms with E-state index in [1.54, 1.807) is 0 Å². The van der Waals surface area contributed by atoms with E-state index in [4.69, 9.17) is 22.2 Å². The standard InChI is InChI=1S/C22H31N5O2.2ClH/c1-13(2)10-18-17(12-24)21(16-6-4-15(11-23)5-7-16)20(14(3)27-18)22(29)26-9-8-19(25)28;;/h4-7,13H,8-12,23-24H2,1-3H3,(H2,25,28)(H,26,29);2*1H. The van der Waals surface area contributed by atoms with Crippen LogP contribution < -0.4 is 22.5 Å². The van der Waals surface area contributed by atoms with E-state index >= 15 is 0 Å². The van der Waals surface area contributed by atoms with Crippen LogP contribution in [-0.2, 0) is 24.3 Å². The molecule has 0 fully saturated rings. The van der Waals surface area contributed by atoms with Crippen LogP contribution in [0.3, 0.4) is 0 Å². The van der Waals surface area contributed by atoms with Crippen molar-refractivity contribution in [2.75, 3.05) is 6.54 Å². The highest BCUT2D eigenvalue weighted by Crippen LogP contribution is 2.32. The number of halogens is 2. The maximum absolute atomic E-state index is 13.0. The van der Waals surface area contributed by atoms with Crippen LogP contribution in [0.2, 0.25) is 0 Å². The number of benzene rings is 1. The maximum Gasteiger partial charge on any atom is 0.253 e. The number of aryl methyl sites for hydroxylation is 1. The van der Waals surface area contributed by atoms with Gasteiger partial charge in [0.05, 0.1) is 11.3 Å². The Morgan fingerprint density at radius 3 is 2.16 bits per heavy atom. The van der Waals surface area contributed by atoms with Gasteiger partial charge in [-0.15, -0.1) is 24.8 Å². The molecule has 0 aliphatic rings. The first kappa shape index (κ1) is 28.8. The maximum atomic E-state index is 13.0. The van der Waals surface area contributed by atoms with Gasteiger partial charge in [0.1, 0.15) is 0 Å². The van der Waals surface area contributed by atoms with Gasteiger partial charge in [-0.05, 0) is 36.0 Å². The predicted molar refractivity (Wildman–Crippen MR) is 129 cm³/mol. The van der Waals surface area contributed by atoms with Gasteiger partial charge in [-0.3, -0.25) is 14.6 Å². The molecule has 9 heteroatoms. The smallest absolute Gasteiger partial charge is 0.253 e. The molecule has 0 saturated carbocycles. The van der Waals surface area contributed by atoms with Crippen LogP contribution >= 0.6 is 24.8 Å². The molecule has 7 N–H and O–H groups in total. The molecule has 0 aliphatic carbocycles. The number of pyridine rings is 1. The molecular formula is C22H33Cl2N5O2. The molecule has 0 aliphatic heterocycles. The Labute approximate surface area is 196 Å². The molecule has 0 atom stereocenters. The molecule has 1 heterocycles. The van der Waals surface area contributed by atoms with Gasteiger partial charge in [-0.1, -0.05) is 38.1 Å². The van der Waals surface area contributed by atoms with Crippen molar-refractivity contribution in [2.45, 2.75) is 46.7 Å². The Hall–Kier alpha value is -2.19. The van der Waals surface area contributed by atoms with Crippen LogP contribution in [-0.4, -0.2) is 23.3 Å². The Bertz CT molecular complexity index is 886. The van der Waals surface area contributed by atoms with Crippen molar-refractivity contribution < 1.29 is 9.59 Å². The van der Waals surface area contributed by atoms with Gasteiger partial charge in [0.2, 0.25) is 5.91 Å². The van der Waals surface area contributed by atoms with Gasteiger partial charge in [0.25, 0.3) is 5.91 Å². The minimum Gasteiger partial charge on any atom is -0.370 e. The Kier molecular flexibility index (Phi) is 12.3. The van der Waals surface area contributed by atoms with Crippen molar-refractivity contribution in [1.29, 1.82) is 0 Å². The van der Waals surface area contributed by atoms with Crippen LogP contribution in [0.25, 0.3) is 11.1 Å². The van der Waals surface area contributed by atoms with E-state index in [0.29, 0.717) is 23.7 Å². The number of nitrogens with one attached hydrogen (secondary N) is 1. The lowest BCUT2D eigenvalue weighted by molar-refractivity contribution is -0.117. The van der Waals surface area contributed by atoms with Crippen molar-refractivity contribution >= 4 is 36.6 Å². The SMILES string of the molecule is Cc1nc(CC(C)C)c(CN)c(-c2ccc(CN)cc2)c1C(=O)NCCC(N)=O.Cl.Cl. The second kappa shape index (κ2) is 13.3. The second-order valence-electron chi connectivity index (χ2n) is 7.55. The first-order valence-corrected chi connectivity index (χ1v) is 9.86. The van der Waals surface area contributed by atoms with Crippen LogP contribution in [0.4, 0.5) is 0 Å². The fourth-order valence-electron chi connectivity index (χ4n) is 3.37. The van der Waals surface area contributed by atoms with Crippen LogP contribution in [0.5, 0.6) is 0 Å². The largest absolute Gasteiger partial charge is 0.370 e. The van der Waals surface area contributed by atoms with E-state index in [1.807, 2.05) is 31.2 Å². The molecule has 2 rings (SSSR count). The number of nitrogens with two attached hydrogens (primary N) is 3. The highest BCUT2D eigenvalue weighted by molar-refractivity contribution is 6.03. The van der Waals surface area contributed by atoms with Crippen molar-refractivity contribution in [1.82, 2.24) is 10.3 Å². The van der Waals surface area contributed by atoms with E-state index in [2.05, 4.69) is 19.2 Å². The highest BCUT2D eigenvalue weighted by Gasteiger charge is 2.23. The number of amides is 2. The molecule has 0 radical (unpaired) electrons. The van der Waals surface area contributed by atoms with Gasteiger partial charge >= 0.3 is 0 Å². The number of rotatable bonds is 9. The molecule has 172 valence electrons. The second-order valence-corrected chi connectivity index (χ2v) is 7.55. The first-order chi connectivity index (χ1) is 13.8. The molecule has 1 aromatic heterocycles. The Morgan fingerprint density at radius 2 is 1.68 bits per heavy atom. The summed E-state index contributed by atoms with van der Waals surface area (Å²) in [5, 5.41) is 2.77. The average Bonchev–Trinajstić information content (AvgIpc) is 2.66. The van der Waals surface area contributed by atoms with E-state index in [9.17, 15) is 9.59 Å². The van der Waals surface area contributed by atoms with Gasteiger partial charge in [0.15, 0.2) is 0 Å². The summed E-state index contributed by atoms with van der Waals surface area (Å²) in [6.45, 7) is 6.95. The molecule has 0 unspecified atom stereocenters. The minimum absolute atomic E-state index is 0. The van der Waals surface area contributed by atoms with Gasteiger partial charge in [0, 0.05) is 37.3 Å². The Balaban J connectivity index is 0.00000450. The molecule has 31 heavy (non-hydrogen) atoms. The summed E-state index contributed by atoms with van der Waals surface area (Å²) in [5.74, 6) is -0.359. The van der Waals surface area contributed by atoms with Crippen molar-refractivity contribution in [2.24, 2.45) is 23.1 Å². The normalized spacial score (nSPS) is 10.3. The van der Waals surface area contributed by atoms with Crippen molar-refractivity contribution in [3.05, 3.63) is 52.3 Å². The van der Waals surface area contributed by atoms with Crippen molar-refractivity contribution in [3.63, 3.8) is 0 Å². The summed E-state index contributed by atoms with van der Waals surface area (Å²) < 4.78 is 0. The lowest BCUT2D eigenvalue weighted by Crippen LogP contribution is -2.30. The summed E-state index contributed by atoms with van der Waals surface area (Å²) in [7, 11) is 0. The van der Waals surface area contributed by atoms with E-state index in [0.717, 1.165) is 34.4 Å². The van der Waals surface area contributed by atoms with Gasteiger partial charge in [-0.2, -0.15) is 0 Å². The van der Waals surface area contributed by atoms with Gasteiger partial charge < -0.3 is 22.5 Å². The summed E-state index contributed by atoms with van der Waals surface area (Å²) >= 11 is 0. The molecular weight excluding hydrogens is 437 g/mol. The Morgan fingerprint density at radius 1 is 1.06 bits per heavy atom. The summed E-state index contributed by atoms with van der Waals surface area (Å²) in [6.07, 6.45) is 0.846. The molecule has 0 bridgehead atoms. The number of hydrogen-bond donors (Lipinski definition) is 4. The van der Waals surface area contributed by atoms with Crippen molar-refractivity contribution in [3.8, 4) is 11.1 Å². The third kappa shape index (κ3) is 7.47. The zero-order chi connectivity index (χ0) is 21.6. The fraction of sp³-hybridized carbons (Fsp3) is 0.409. The molecule has 7 nitrogen and oxygen atoms in total. The lowest BCUT2D eigenvalue weighted by atomic mass is 9.89.